The van der Waals surface area contributed by atoms with Gasteiger partial charge in [0.05, 0.1) is 5.02 Å². The summed E-state index contributed by atoms with van der Waals surface area (Å²) in [5.41, 5.74) is 2.84. The normalized spacial score (nSPS) is 15.1. The van der Waals surface area contributed by atoms with E-state index in [0.29, 0.717) is 28.0 Å². The molecule has 29 heavy (non-hydrogen) atoms. The molecule has 0 saturated carbocycles. The number of piperidine rings is 1. The predicted molar refractivity (Wildman–Crippen MR) is 118 cm³/mol. The maximum absolute atomic E-state index is 13.2. The van der Waals surface area contributed by atoms with Crippen LogP contribution in [0, 0.1) is 19.8 Å². The van der Waals surface area contributed by atoms with E-state index >= 15 is 0 Å². The van der Waals surface area contributed by atoms with E-state index < -0.39 is 0 Å². The van der Waals surface area contributed by atoms with Gasteiger partial charge in [-0.25, -0.2) is 4.98 Å². The second kappa shape index (κ2) is 8.90. The molecule has 1 fully saturated rings. The molecule has 0 atom stereocenters. The molecular weight excluding hydrogens is 426 g/mol. The zero-order valence-electron chi connectivity index (χ0n) is 16.4. The van der Waals surface area contributed by atoms with Crippen molar-refractivity contribution >= 4 is 40.6 Å². The largest absolute Gasteiger partial charge is 0.360 e. The summed E-state index contributed by atoms with van der Waals surface area (Å²) < 4.78 is 6.49. The van der Waals surface area contributed by atoms with Gasteiger partial charge in [-0.2, -0.15) is 0 Å². The Bertz CT molecular complexity index is 1010. The highest BCUT2D eigenvalue weighted by atomic mass is 35.5. The second-order valence-corrected chi connectivity index (χ2v) is 9.78. The maximum atomic E-state index is 13.2. The third-order valence-electron chi connectivity index (χ3n) is 5.15. The third kappa shape index (κ3) is 4.52. The molecule has 0 N–H and O–H groups in total. The highest BCUT2D eigenvalue weighted by Crippen LogP contribution is 2.33. The molecule has 3 heterocycles. The molecule has 0 aliphatic carbocycles. The number of benzene rings is 1. The number of carbonyl (C=O) groups is 1. The number of likely N-dealkylation sites (tertiary alicyclic amines) is 1. The number of aryl methyl sites for hydroxylation is 2. The third-order valence-corrected chi connectivity index (χ3v) is 7.85. The molecule has 1 aromatic carbocycles. The van der Waals surface area contributed by atoms with Crippen molar-refractivity contribution in [1.29, 1.82) is 0 Å². The Hall–Kier alpha value is -1.83. The molecule has 1 aliphatic heterocycles. The van der Waals surface area contributed by atoms with Crippen LogP contribution in [0.3, 0.4) is 0 Å². The molecule has 4 rings (SSSR count). The first-order valence-corrected chi connectivity index (χ1v) is 11.8. The average molecular weight is 448 g/mol. The lowest BCUT2D eigenvalue weighted by atomic mass is 9.97. The summed E-state index contributed by atoms with van der Waals surface area (Å²) in [4.78, 5) is 19.7. The fourth-order valence-corrected chi connectivity index (χ4v) is 5.80. The first-order valence-electron chi connectivity index (χ1n) is 9.58. The van der Waals surface area contributed by atoms with Crippen LogP contribution in [0.4, 0.5) is 0 Å². The van der Waals surface area contributed by atoms with Gasteiger partial charge in [0.2, 0.25) is 0 Å². The lowest BCUT2D eigenvalue weighted by Crippen LogP contribution is -2.39. The predicted octanol–water partition coefficient (Wildman–Crippen LogP) is 5.71. The summed E-state index contributed by atoms with van der Waals surface area (Å²) >= 11 is 9.85. The number of hydrogen-bond donors (Lipinski definition) is 0. The Morgan fingerprint density at radius 2 is 2.07 bits per heavy atom. The lowest BCUT2D eigenvalue weighted by molar-refractivity contribution is 0.0697. The Morgan fingerprint density at radius 1 is 1.31 bits per heavy atom. The second-order valence-electron chi connectivity index (χ2n) is 7.24. The van der Waals surface area contributed by atoms with E-state index in [4.69, 9.17) is 16.1 Å². The summed E-state index contributed by atoms with van der Waals surface area (Å²) in [5.74, 6) is 2.15. The highest BCUT2D eigenvalue weighted by molar-refractivity contribution is 8.01. The van der Waals surface area contributed by atoms with Crippen LogP contribution in [0.25, 0.3) is 11.3 Å². The van der Waals surface area contributed by atoms with Crippen molar-refractivity contribution in [2.24, 2.45) is 5.92 Å². The first kappa shape index (κ1) is 20.4. The van der Waals surface area contributed by atoms with Gasteiger partial charge in [0.15, 0.2) is 0 Å². The minimum Gasteiger partial charge on any atom is -0.360 e. The minimum atomic E-state index is -0.0275. The van der Waals surface area contributed by atoms with E-state index in [1.165, 1.54) is 0 Å². The number of rotatable bonds is 5. The van der Waals surface area contributed by atoms with Crippen LogP contribution in [0.15, 0.2) is 38.5 Å². The number of aromatic nitrogens is 2. The van der Waals surface area contributed by atoms with E-state index in [1.807, 2.05) is 41.8 Å². The molecule has 0 radical (unpaired) electrons. The summed E-state index contributed by atoms with van der Waals surface area (Å²) in [6, 6.07) is 7.39. The number of thioether (sulfide) groups is 1. The van der Waals surface area contributed by atoms with Crippen molar-refractivity contribution in [2.45, 2.75) is 31.0 Å². The Morgan fingerprint density at radius 3 is 2.76 bits per heavy atom. The standard InChI is InChI=1S/C21H22ClN3O2S2/c1-13-11-28-21(23-13)29-12-15-7-9-25(10-8-15)20(26)18-14(2)27-24-19(18)16-5-3-4-6-17(16)22/h3-6,11,15H,7-10,12H2,1-2H3. The Labute approximate surface area is 183 Å². The molecule has 0 unspecified atom stereocenters. The first-order chi connectivity index (χ1) is 14.0. The summed E-state index contributed by atoms with van der Waals surface area (Å²) in [6.07, 6.45) is 1.99. The fraction of sp³-hybridized carbons (Fsp3) is 0.381. The smallest absolute Gasteiger partial charge is 0.259 e. The van der Waals surface area contributed by atoms with E-state index in [0.717, 1.165) is 47.3 Å². The topological polar surface area (TPSA) is 59.2 Å². The van der Waals surface area contributed by atoms with E-state index in [9.17, 15) is 4.79 Å². The molecule has 5 nitrogen and oxygen atoms in total. The number of thiazole rings is 1. The average Bonchev–Trinajstić information content (AvgIpc) is 3.32. The van der Waals surface area contributed by atoms with Crippen LogP contribution < -0.4 is 0 Å². The molecular formula is C21H22ClN3O2S2. The van der Waals surface area contributed by atoms with Gasteiger partial charge in [0.1, 0.15) is 21.4 Å². The summed E-state index contributed by atoms with van der Waals surface area (Å²) in [7, 11) is 0. The fourth-order valence-electron chi connectivity index (χ4n) is 3.51. The van der Waals surface area contributed by atoms with Crippen molar-refractivity contribution in [3.05, 3.63) is 51.7 Å². The zero-order chi connectivity index (χ0) is 20.4. The van der Waals surface area contributed by atoms with Gasteiger partial charge < -0.3 is 9.42 Å². The van der Waals surface area contributed by atoms with Crippen LogP contribution in [-0.2, 0) is 0 Å². The summed E-state index contributed by atoms with van der Waals surface area (Å²) in [5, 5.41) is 6.77. The maximum Gasteiger partial charge on any atom is 0.259 e. The molecule has 1 saturated heterocycles. The SMILES string of the molecule is Cc1csc(SCC2CCN(C(=O)c3c(-c4ccccc4Cl)noc3C)CC2)n1. The van der Waals surface area contributed by atoms with Gasteiger partial charge in [-0.05, 0) is 38.7 Å². The monoisotopic (exact) mass is 447 g/mol. The molecule has 0 spiro atoms. The van der Waals surface area contributed by atoms with Crippen molar-refractivity contribution in [1.82, 2.24) is 15.0 Å². The Balaban J connectivity index is 1.41. The van der Waals surface area contributed by atoms with E-state index in [2.05, 4.69) is 15.5 Å². The molecule has 8 heteroatoms. The molecule has 2 aromatic heterocycles. The number of carbonyl (C=O) groups excluding carboxylic acids is 1. The van der Waals surface area contributed by atoms with Gasteiger partial charge in [0, 0.05) is 35.5 Å². The van der Waals surface area contributed by atoms with Crippen LogP contribution in [-0.4, -0.2) is 39.8 Å². The number of amides is 1. The van der Waals surface area contributed by atoms with Crippen LogP contribution >= 0.6 is 34.7 Å². The van der Waals surface area contributed by atoms with E-state index in [1.54, 1.807) is 24.3 Å². The minimum absolute atomic E-state index is 0.0275. The summed E-state index contributed by atoms with van der Waals surface area (Å²) in [6.45, 7) is 5.29. The van der Waals surface area contributed by atoms with Crippen molar-refractivity contribution in [3.63, 3.8) is 0 Å². The van der Waals surface area contributed by atoms with Crippen molar-refractivity contribution < 1.29 is 9.32 Å². The van der Waals surface area contributed by atoms with Crippen molar-refractivity contribution in [2.75, 3.05) is 18.8 Å². The zero-order valence-corrected chi connectivity index (χ0v) is 18.7. The molecule has 1 amide bonds. The number of halogens is 1. The number of hydrogen-bond acceptors (Lipinski definition) is 6. The van der Waals surface area contributed by atoms with E-state index in [-0.39, 0.29) is 5.91 Å². The van der Waals surface area contributed by atoms with Gasteiger partial charge >= 0.3 is 0 Å². The number of nitrogens with zero attached hydrogens (tertiary/aromatic N) is 3. The van der Waals surface area contributed by atoms with Crippen LogP contribution in [0.1, 0.15) is 34.7 Å². The Kier molecular flexibility index (Phi) is 6.27. The lowest BCUT2D eigenvalue weighted by Gasteiger charge is -2.31. The van der Waals surface area contributed by atoms with Gasteiger partial charge in [-0.15, -0.1) is 11.3 Å². The van der Waals surface area contributed by atoms with Gasteiger partial charge in [0.25, 0.3) is 5.91 Å². The van der Waals surface area contributed by atoms with Crippen LogP contribution in [0.2, 0.25) is 5.02 Å². The molecule has 0 bridgehead atoms. The molecule has 3 aromatic rings. The quantitative estimate of drug-likeness (QED) is 0.468. The van der Waals surface area contributed by atoms with Crippen molar-refractivity contribution in [3.8, 4) is 11.3 Å². The molecule has 152 valence electrons. The highest BCUT2D eigenvalue weighted by Gasteiger charge is 2.30. The van der Waals surface area contributed by atoms with Crippen LogP contribution in [0.5, 0.6) is 0 Å². The van der Waals surface area contributed by atoms with Gasteiger partial charge in [-0.1, -0.05) is 46.7 Å². The molecule has 1 aliphatic rings. The van der Waals surface area contributed by atoms with Gasteiger partial charge in [-0.3, -0.25) is 4.79 Å².